The average Bonchev–Trinajstić information content (AvgIpc) is 3.18. The summed E-state index contributed by atoms with van der Waals surface area (Å²) in [4.78, 5) is 13.2. The zero-order valence-electron chi connectivity index (χ0n) is 14.2. The lowest BCUT2D eigenvalue weighted by molar-refractivity contribution is 0.0950. The fourth-order valence-corrected chi connectivity index (χ4v) is 4.19. The first kappa shape index (κ1) is 19.2. The van der Waals surface area contributed by atoms with Crippen molar-refractivity contribution in [1.82, 2.24) is 10.0 Å². The van der Waals surface area contributed by atoms with E-state index in [1.54, 1.807) is 12.1 Å². The van der Waals surface area contributed by atoms with Crippen LogP contribution in [0.15, 0.2) is 70.9 Å². The number of hydrogen-bond donors (Lipinski definition) is 2. The highest BCUT2D eigenvalue weighted by atomic mass is 32.2. The molecule has 2 aromatic carbocycles. The van der Waals surface area contributed by atoms with Crippen molar-refractivity contribution in [3.63, 3.8) is 0 Å². The second kappa shape index (κ2) is 8.43. The molecule has 3 rings (SSSR count). The first-order valence-corrected chi connectivity index (χ1v) is 10.4. The van der Waals surface area contributed by atoms with Crippen LogP contribution in [0.25, 0.3) is 0 Å². The van der Waals surface area contributed by atoms with Crippen molar-refractivity contribution in [2.45, 2.75) is 18.0 Å². The Bertz CT molecular complexity index is 1030. The SMILES string of the molecule is O=C(NCc1cccc(F)c1)c1cccc(S(=O)(=O)NCc2cccs2)c1. The molecule has 0 unspecified atom stereocenters. The largest absolute Gasteiger partial charge is 0.348 e. The van der Waals surface area contributed by atoms with E-state index in [-0.39, 0.29) is 29.4 Å². The van der Waals surface area contributed by atoms with Crippen LogP contribution >= 0.6 is 11.3 Å². The molecule has 1 amide bonds. The van der Waals surface area contributed by atoms with Gasteiger partial charge in [0.05, 0.1) is 4.90 Å². The molecular formula is C19H17FN2O3S2. The Morgan fingerprint density at radius 3 is 2.56 bits per heavy atom. The Morgan fingerprint density at radius 2 is 1.81 bits per heavy atom. The standard InChI is InChI=1S/C19H17FN2O3S2/c20-16-6-1-4-14(10-16)12-21-19(23)15-5-2-8-18(11-15)27(24,25)22-13-17-7-3-9-26-17/h1-11,22H,12-13H2,(H,21,23). The molecule has 140 valence electrons. The minimum absolute atomic E-state index is 0.0115. The number of thiophene rings is 1. The van der Waals surface area contributed by atoms with Crippen molar-refractivity contribution in [3.8, 4) is 0 Å². The number of amides is 1. The van der Waals surface area contributed by atoms with E-state index in [1.165, 1.54) is 47.7 Å². The molecule has 0 bridgehead atoms. The van der Waals surface area contributed by atoms with Gasteiger partial charge in [-0.3, -0.25) is 4.79 Å². The molecule has 0 spiro atoms. The third-order valence-electron chi connectivity index (χ3n) is 3.77. The van der Waals surface area contributed by atoms with E-state index in [4.69, 9.17) is 0 Å². The van der Waals surface area contributed by atoms with E-state index in [2.05, 4.69) is 10.0 Å². The minimum atomic E-state index is -3.74. The Labute approximate surface area is 160 Å². The van der Waals surface area contributed by atoms with Crippen LogP contribution in [0.5, 0.6) is 0 Å². The maximum Gasteiger partial charge on any atom is 0.251 e. The van der Waals surface area contributed by atoms with Crippen molar-refractivity contribution in [2.24, 2.45) is 0 Å². The van der Waals surface area contributed by atoms with Gasteiger partial charge in [0.25, 0.3) is 5.91 Å². The van der Waals surface area contributed by atoms with Gasteiger partial charge >= 0.3 is 0 Å². The summed E-state index contributed by atoms with van der Waals surface area (Å²) in [6.45, 7) is 0.334. The zero-order valence-corrected chi connectivity index (χ0v) is 15.8. The molecule has 0 atom stereocenters. The van der Waals surface area contributed by atoms with Crippen LogP contribution in [0.4, 0.5) is 4.39 Å². The second-order valence-electron chi connectivity index (χ2n) is 5.74. The smallest absolute Gasteiger partial charge is 0.251 e. The third-order valence-corrected chi connectivity index (χ3v) is 6.04. The molecule has 0 aliphatic rings. The first-order valence-electron chi connectivity index (χ1n) is 8.09. The Kier molecular flexibility index (Phi) is 6.00. The molecule has 8 heteroatoms. The predicted molar refractivity (Wildman–Crippen MR) is 102 cm³/mol. The summed E-state index contributed by atoms with van der Waals surface area (Å²) in [5.74, 6) is -0.818. The highest BCUT2D eigenvalue weighted by molar-refractivity contribution is 7.89. The summed E-state index contributed by atoms with van der Waals surface area (Å²) in [7, 11) is -3.74. The molecule has 1 aromatic heterocycles. The summed E-state index contributed by atoms with van der Waals surface area (Å²) in [5, 5.41) is 4.52. The number of rotatable bonds is 7. The number of carbonyl (C=O) groups excluding carboxylic acids is 1. The molecule has 0 saturated heterocycles. The lowest BCUT2D eigenvalue weighted by Gasteiger charge is -2.09. The van der Waals surface area contributed by atoms with Gasteiger partial charge < -0.3 is 5.32 Å². The second-order valence-corrected chi connectivity index (χ2v) is 8.54. The van der Waals surface area contributed by atoms with Crippen molar-refractivity contribution < 1.29 is 17.6 Å². The summed E-state index contributed by atoms with van der Waals surface area (Å²) >= 11 is 1.45. The molecule has 27 heavy (non-hydrogen) atoms. The van der Waals surface area contributed by atoms with E-state index in [9.17, 15) is 17.6 Å². The van der Waals surface area contributed by atoms with Crippen LogP contribution in [0, 0.1) is 5.82 Å². The van der Waals surface area contributed by atoms with Crippen LogP contribution in [-0.2, 0) is 23.1 Å². The summed E-state index contributed by atoms with van der Waals surface area (Å²) in [6.07, 6.45) is 0. The zero-order chi connectivity index (χ0) is 19.3. The Balaban J connectivity index is 1.67. The van der Waals surface area contributed by atoms with Crippen molar-refractivity contribution >= 4 is 27.3 Å². The molecule has 2 N–H and O–H groups in total. The normalized spacial score (nSPS) is 11.3. The average molecular weight is 404 g/mol. The first-order chi connectivity index (χ1) is 12.9. The molecule has 0 radical (unpaired) electrons. The molecule has 0 fully saturated rings. The van der Waals surface area contributed by atoms with Crippen molar-refractivity contribution in [3.05, 3.63) is 87.9 Å². The van der Waals surface area contributed by atoms with E-state index in [1.807, 2.05) is 17.5 Å². The highest BCUT2D eigenvalue weighted by Crippen LogP contribution is 2.14. The molecule has 5 nitrogen and oxygen atoms in total. The maximum atomic E-state index is 13.2. The van der Waals surface area contributed by atoms with Gasteiger partial charge in [-0.2, -0.15) is 0 Å². The van der Waals surface area contributed by atoms with Crippen LogP contribution in [0.3, 0.4) is 0 Å². The maximum absolute atomic E-state index is 13.2. The van der Waals surface area contributed by atoms with E-state index < -0.39 is 15.9 Å². The molecular weight excluding hydrogens is 387 g/mol. The monoisotopic (exact) mass is 404 g/mol. The van der Waals surface area contributed by atoms with Gasteiger partial charge in [-0.1, -0.05) is 24.3 Å². The predicted octanol–water partition coefficient (Wildman–Crippen LogP) is 3.30. The van der Waals surface area contributed by atoms with E-state index in [0.717, 1.165) is 4.88 Å². The van der Waals surface area contributed by atoms with Gasteiger partial charge in [0.2, 0.25) is 10.0 Å². The number of halogens is 1. The Morgan fingerprint density at radius 1 is 1.00 bits per heavy atom. The molecule has 1 heterocycles. The lowest BCUT2D eigenvalue weighted by atomic mass is 10.2. The summed E-state index contributed by atoms with van der Waals surface area (Å²) in [6, 6.07) is 15.4. The topological polar surface area (TPSA) is 75.3 Å². The fourth-order valence-electron chi connectivity index (χ4n) is 2.40. The number of sulfonamides is 1. The number of nitrogens with one attached hydrogen (secondary N) is 2. The molecule has 0 aliphatic heterocycles. The van der Waals surface area contributed by atoms with Crippen molar-refractivity contribution in [1.29, 1.82) is 0 Å². The fraction of sp³-hybridized carbons (Fsp3) is 0.105. The quantitative estimate of drug-likeness (QED) is 0.635. The van der Waals surface area contributed by atoms with Gasteiger partial charge in [-0.05, 0) is 47.3 Å². The van der Waals surface area contributed by atoms with Crippen LogP contribution in [-0.4, -0.2) is 14.3 Å². The van der Waals surface area contributed by atoms with Gasteiger partial charge in [-0.15, -0.1) is 11.3 Å². The lowest BCUT2D eigenvalue weighted by Crippen LogP contribution is -2.25. The van der Waals surface area contributed by atoms with Gasteiger partial charge in [-0.25, -0.2) is 17.5 Å². The number of hydrogen-bond acceptors (Lipinski definition) is 4. The third kappa shape index (κ3) is 5.22. The van der Waals surface area contributed by atoms with Crippen molar-refractivity contribution in [2.75, 3.05) is 0 Å². The Hall–Kier alpha value is -2.55. The van der Waals surface area contributed by atoms with Gasteiger partial charge in [0.1, 0.15) is 5.82 Å². The van der Waals surface area contributed by atoms with Crippen LogP contribution in [0.1, 0.15) is 20.8 Å². The summed E-state index contributed by atoms with van der Waals surface area (Å²) < 4.78 is 40.6. The van der Waals surface area contributed by atoms with Crippen LogP contribution < -0.4 is 10.0 Å². The van der Waals surface area contributed by atoms with Gasteiger partial charge in [0.15, 0.2) is 0 Å². The summed E-state index contributed by atoms with van der Waals surface area (Å²) in [5.41, 5.74) is 0.829. The van der Waals surface area contributed by atoms with E-state index in [0.29, 0.717) is 5.56 Å². The number of benzene rings is 2. The molecule has 3 aromatic rings. The van der Waals surface area contributed by atoms with E-state index >= 15 is 0 Å². The van der Waals surface area contributed by atoms with Gasteiger partial charge in [0, 0.05) is 23.5 Å². The molecule has 0 saturated carbocycles. The van der Waals surface area contributed by atoms with Crippen LogP contribution in [0.2, 0.25) is 0 Å². The highest BCUT2D eigenvalue weighted by Gasteiger charge is 2.16. The number of carbonyl (C=O) groups is 1. The molecule has 0 aliphatic carbocycles. The minimum Gasteiger partial charge on any atom is -0.348 e.